The zero-order valence-electron chi connectivity index (χ0n) is 11.0. The molecule has 5 heteroatoms. The molecule has 0 N–H and O–H groups in total. The molecule has 0 aromatic carbocycles. The molecule has 2 heterocycles. The van der Waals surface area contributed by atoms with Gasteiger partial charge >= 0.3 is 0 Å². The predicted octanol–water partition coefficient (Wildman–Crippen LogP) is 1.39. The summed E-state index contributed by atoms with van der Waals surface area (Å²) >= 11 is 0. The second-order valence-electron chi connectivity index (χ2n) is 5.32. The number of carbonyl (C=O) groups excluding carboxylic acids is 1. The fourth-order valence-electron chi connectivity index (χ4n) is 2.13. The number of hydrogen-bond donors (Lipinski definition) is 0. The van der Waals surface area contributed by atoms with Gasteiger partial charge in [0.2, 0.25) is 0 Å². The van der Waals surface area contributed by atoms with Crippen LogP contribution in [0.1, 0.15) is 24.2 Å². The number of piperazine rings is 1. The third-order valence-corrected chi connectivity index (χ3v) is 3.61. The van der Waals surface area contributed by atoms with Crippen LogP contribution in [-0.2, 0) is 0 Å². The molecule has 0 bridgehead atoms. The highest BCUT2D eigenvalue weighted by atomic mass is 19.1. The van der Waals surface area contributed by atoms with Gasteiger partial charge in [0.25, 0.3) is 5.91 Å². The Hall–Kier alpha value is -1.49. The van der Waals surface area contributed by atoms with Gasteiger partial charge in [0, 0.05) is 31.4 Å². The summed E-state index contributed by atoms with van der Waals surface area (Å²) in [5.41, 5.74) is 0.0163. The molecule has 1 fully saturated rings. The number of aromatic nitrogens is 1. The standard InChI is InChI=1S/C13H18FN3O/c1-13(2)9-17(7-6-16(13)3)12(18)10-4-5-15-8-11(10)14/h4-5,8H,6-7,9H2,1-3H3. The van der Waals surface area contributed by atoms with Crippen LogP contribution in [0.4, 0.5) is 4.39 Å². The van der Waals surface area contributed by atoms with Crippen molar-refractivity contribution in [3.05, 3.63) is 29.8 Å². The van der Waals surface area contributed by atoms with Crippen LogP contribution in [-0.4, -0.2) is 52.9 Å². The van der Waals surface area contributed by atoms with Crippen LogP contribution in [0.15, 0.2) is 18.5 Å². The van der Waals surface area contributed by atoms with Crippen molar-refractivity contribution in [3.8, 4) is 0 Å². The van der Waals surface area contributed by atoms with Gasteiger partial charge in [-0.25, -0.2) is 4.39 Å². The van der Waals surface area contributed by atoms with Crippen molar-refractivity contribution in [2.45, 2.75) is 19.4 Å². The van der Waals surface area contributed by atoms with E-state index in [9.17, 15) is 9.18 Å². The van der Waals surface area contributed by atoms with E-state index in [2.05, 4.69) is 23.7 Å². The lowest BCUT2D eigenvalue weighted by Crippen LogP contribution is -2.58. The molecule has 0 aliphatic carbocycles. The SMILES string of the molecule is CN1CCN(C(=O)c2ccncc2F)CC1(C)C. The summed E-state index contributed by atoms with van der Waals surface area (Å²) in [5, 5.41) is 0. The lowest BCUT2D eigenvalue weighted by molar-refractivity contribution is 0.0308. The Morgan fingerprint density at radius 1 is 1.44 bits per heavy atom. The summed E-state index contributed by atoms with van der Waals surface area (Å²) < 4.78 is 13.5. The van der Waals surface area contributed by atoms with Crippen molar-refractivity contribution >= 4 is 5.91 Å². The van der Waals surface area contributed by atoms with E-state index >= 15 is 0 Å². The number of halogens is 1. The first kappa shape index (κ1) is 13.0. The topological polar surface area (TPSA) is 36.4 Å². The van der Waals surface area contributed by atoms with Crippen molar-refractivity contribution in [2.75, 3.05) is 26.7 Å². The summed E-state index contributed by atoms with van der Waals surface area (Å²) in [5.74, 6) is -0.810. The van der Waals surface area contributed by atoms with Crippen molar-refractivity contribution < 1.29 is 9.18 Å². The van der Waals surface area contributed by atoms with E-state index in [0.717, 1.165) is 12.7 Å². The summed E-state index contributed by atoms with van der Waals surface area (Å²) in [7, 11) is 2.04. The Labute approximate surface area is 106 Å². The molecule has 98 valence electrons. The normalized spacial score (nSPS) is 19.9. The Bertz CT molecular complexity index is 461. The van der Waals surface area contributed by atoms with Gasteiger partial charge in [-0.15, -0.1) is 0 Å². The number of likely N-dealkylation sites (N-methyl/N-ethyl adjacent to an activating group) is 1. The van der Waals surface area contributed by atoms with Gasteiger partial charge in [0.1, 0.15) is 0 Å². The number of nitrogens with zero attached hydrogens (tertiary/aromatic N) is 3. The summed E-state index contributed by atoms with van der Waals surface area (Å²) in [4.78, 5) is 19.8. The lowest BCUT2D eigenvalue weighted by atomic mass is 9.99. The number of hydrogen-bond acceptors (Lipinski definition) is 3. The Morgan fingerprint density at radius 3 is 2.78 bits per heavy atom. The minimum absolute atomic E-state index is 0.0859. The van der Waals surface area contributed by atoms with E-state index in [-0.39, 0.29) is 17.0 Å². The van der Waals surface area contributed by atoms with E-state index in [4.69, 9.17) is 0 Å². The summed E-state index contributed by atoms with van der Waals surface area (Å²) in [6, 6.07) is 1.43. The molecule has 1 aliphatic heterocycles. The number of amides is 1. The van der Waals surface area contributed by atoms with E-state index in [1.54, 1.807) is 4.90 Å². The van der Waals surface area contributed by atoms with Gasteiger partial charge in [0.05, 0.1) is 11.8 Å². The van der Waals surface area contributed by atoms with Crippen molar-refractivity contribution in [1.82, 2.24) is 14.8 Å². The second kappa shape index (κ2) is 4.65. The van der Waals surface area contributed by atoms with Gasteiger partial charge < -0.3 is 4.90 Å². The Balaban J connectivity index is 2.18. The zero-order valence-corrected chi connectivity index (χ0v) is 11.0. The molecule has 1 amide bonds. The lowest BCUT2D eigenvalue weighted by Gasteiger charge is -2.45. The molecular weight excluding hydrogens is 233 g/mol. The molecule has 0 atom stereocenters. The summed E-state index contributed by atoms with van der Waals surface area (Å²) in [6.45, 7) is 6.18. The third-order valence-electron chi connectivity index (χ3n) is 3.61. The van der Waals surface area contributed by atoms with Gasteiger partial charge in [-0.05, 0) is 27.0 Å². The molecule has 4 nitrogen and oxygen atoms in total. The minimum Gasteiger partial charge on any atom is -0.335 e. The van der Waals surface area contributed by atoms with E-state index < -0.39 is 5.82 Å². The number of pyridine rings is 1. The van der Waals surface area contributed by atoms with E-state index in [1.807, 2.05) is 7.05 Å². The van der Waals surface area contributed by atoms with E-state index in [1.165, 1.54) is 12.3 Å². The van der Waals surface area contributed by atoms with Crippen molar-refractivity contribution in [1.29, 1.82) is 0 Å². The average Bonchev–Trinajstić information content (AvgIpc) is 2.32. The molecule has 2 rings (SSSR count). The van der Waals surface area contributed by atoms with Crippen LogP contribution < -0.4 is 0 Å². The Kier molecular flexibility index (Phi) is 3.34. The maximum atomic E-state index is 13.5. The summed E-state index contributed by atoms with van der Waals surface area (Å²) in [6.07, 6.45) is 2.52. The number of rotatable bonds is 1. The molecular formula is C13H18FN3O. The van der Waals surface area contributed by atoms with Crippen molar-refractivity contribution in [2.24, 2.45) is 0 Å². The predicted molar refractivity (Wildman–Crippen MR) is 66.8 cm³/mol. The first-order valence-electron chi connectivity index (χ1n) is 6.02. The molecule has 0 radical (unpaired) electrons. The molecule has 0 spiro atoms. The van der Waals surface area contributed by atoms with Crippen LogP contribution in [0.25, 0.3) is 0 Å². The molecule has 1 saturated heterocycles. The molecule has 1 aliphatic rings. The Morgan fingerprint density at radius 2 is 2.17 bits per heavy atom. The maximum absolute atomic E-state index is 13.5. The van der Waals surface area contributed by atoms with Gasteiger partial charge in [0.15, 0.2) is 5.82 Å². The fourth-order valence-corrected chi connectivity index (χ4v) is 2.13. The highest BCUT2D eigenvalue weighted by Crippen LogP contribution is 2.20. The largest absolute Gasteiger partial charge is 0.335 e. The van der Waals surface area contributed by atoms with Crippen LogP contribution in [0.2, 0.25) is 0 Å². The van der Waals surface area contributed by atoms with Gasteiger partial charge in [-0.3, -0.25) is 14.7 Å². The molecule has 0 saturated carbocycles. The van der Waals surface area contributed by atoms with Gasteiger partial charge in [-0.1, -0.05) is 0 Å². The third kappa shape index (κ3) is 2.36. The first-order valence-corrected chi connectivity index (χ1v) is 6.02. The molecule has 1 aromatic rings. The highest BCUT2D eigenvalue weighted by Gasteiger charge is 2.34. The van der Waals surface area contributed by atoms with Crippen molar-refractivity contribution in [3.63, 3.8) is 0 Å². The van der Waals surface area contributed by atoms with Crippen LogP contribution >= 0.6 is 0 Å². The smallest absolute Gasteiger partial charge is 0.257 e. The van der Waals surface area contributed by atoms with Crippen LogP contribution in [0, 0.1) is 5.82 Å². The highest BCUT2D eigenvalue weighted by molar-refractivity contribution is 5.94. The van der Waals surface area contributed by atoms with E-state index in [0.29, 0.717) is 13.1 Å². The van der Waals surface area contributed by atoms with Crippen LogP contribution in [0.3, 0.4) is 0 Å². The first-order chi connectivity index (χ1) is 8.42. The molecule has 18 heavy (non-hydrogen) atoms. The number of carbonyl (C=O) groups is 1. The monoisotopic (exact) mass is 251 g/mol. The maximum Gasteiger partial charge on any atom is 0.257 e. The fraction of sp³-hybridized carbons (Fsp3) is 0.538. The molecule has 0 unspecified atom stereocenters. The quantitative estimate of drug-likeness (QED) is 0.756. The zero-order chi connectivity index (χ0) is 13.3. The minimum atomic E-state index is -0.556. The average molecular weight is 251 g/mol. The second-order valence-corrected chi connectivity index (χ2v) is 5.32. The molecule has 1 aromatic heterocycles. The van der Waals surface area contributed by atoms with Gasteiger partial charge in [-0.2, -0.15) is 0 Å². The van der Waals surface area contributed by atoms with Crippen LogP contribution in [0.5, 0.6) is 0 Å².